The van der Waals surface area contributed by atoms with E-state index in [1.165, 1.54) is 7.11 Å². The fourth-order valence-corrected chi connectivity index (χ4v) is 1.42. The summed E-state index contributed by atoms with van der Waals surface area (Å²) in [4.78, 5) is 10.5. The van der Waals surface area contributed by atoms with E-state index in [0.29, 0.717) is 28.8 Å². The molecule has 0 amide bonds. The molecule has 0 fully saturated rings. The molecule has 92 valence electrons. The van der Waals surface area contributed by atoms with Gasteiger partial charge in [0.05, 0.1) is 19.4 Å². The highest BCUT2D eigenvalue weighted by Crippen LogP contribution is 2.25. The molecule has 0 aliphatic heterocycles. The number of thiocarbonyl (C=S) groups is 1. The van der Waals surface area contributed by atoms with E-state index in [-0.39, 0.29) is 6.61 Å². The third kappa shape index (κ3) is 3.97. The van der Waals surface area contributed by atoms with Crippen LogP contribution < -0.4 is 20.5 Å². The molecule has 0 heterocycles. The van der Waals surface area contributed by atoms with Crippen molar-refractivity contribution in [2.24, 2.45) is 0 Å². The minimum Gasteiger partial charge on any atom is -0.495 e. The fraction of sp³-hybridized carbons (Fsp3) is 0.300. The predicted octanol–water partition coefficient (Wildman–Crippen LogP) is -0.548. The van der Waals surface area contributed by atoms with Gasteiger partial charge < -0.3 is 20.5 Å². The molecule has 7 heteroatoms. The molecule has 0 bridgehead atoms. The standard InChI is InChI=1S/C10H13N3O3S/c1-16-9-3-2-7(13-15)6-8(9)12-10(17)11-4-5-14/h2-3,6,14H,4-5H2,1H3,(H2,11,12,17)/p+1. The molecule has 0 saturated heterocycles. The van der Waals surface area contributed by atoms with Crippen LogP contribution in [-0.4, -0.2) is 30.5 Å². The number of nitroso groups, excluding NO2 is 1. The lowest BCUT2D eigenvalue weighted by atomic mass is 10.2. The lowest BCUT2D eigenvalue weighted by Gasteiger charge is -2.12. The summed E-state index contributed by atoms with van der Waals surface area (Å²) in [5, 5.41) is 16.4. The van der Waals surface area contributed by atoms with E-state index < -0.39 is 0 Å². The quantitative estimate of drug-likeness (QED) is 0.529. The Balaban J connectivity index is 2.80. The Morgan fingerprint density at radius 3 is 2.94 bits per heavy atom. The minimum absolute atomic E-state index is 0.0128. The summed E-state index contributed by atoms with van der Waals surface area (Å²) in [5.41, 5.74) is 0.974. The molecule has 0 atom stereocenters. The highest BCUT2D eigenvalue weighted by Gasteiger charge is 2.09. The van der Waals surface area contributed by atoms with Gasteiger partial charge in [0.15, 0.2) is 5.11 Å². The van der Waals surface area contributed by atoms with Gasteiger partial charge in [-0.05, 0) is 18.3 Å². The van der Waals surface area contributed by atoms with Gasteiger partial charge >= 0.3 is 0 Å². The van der Waals surface area contributed by atoms with Crippen molar-refractivity contribution in [3.8, 4) is 5.75 Å². The number of nitrogens with one attached hydrogen (secondary N) is 3. The van der Waals surface area contributed by atoms with E-state index in [4.69, 9.17) is 22.1 Å². The zero-order valence-electron chi connectivity index (χ0n) is 9.32. The number of methoxy groups -OCH3 is 1. The van der Waals surface area contributed by atoms with Gasteiger partial charge in [0.25, 0.3) is 5.69 Å². The van der Waals surface area contributed by atoms with Gasteiger partial charge in [0.1, 0.15) is 5.75 Å². The summed E-state index contributed by atoms with van der Waals surface area (Å²) in [5.74, 6) is 0.567. The number of ether oxygens (including phenoxy) is 1. The third-order valence-corrected chi connectivity index (χ3v) is 2.21. The van der Waals surface area contributed by atoms with Crippen LogP contribution in [0.1, 0.15) is 0 Å². The molecule has 1 aromatic rings. The molecular weight excluding hydrogens is 242 g/mol. The Bertz CT molecular complexity index is 412. The molecule has 0 radical (unpaired) electrons. The zero-order chi connectivity index (χ0) is 12.7. The van der Waals surface area contributed by atoms with Crippen molar-refractivity contribution < 1.29 is 15.0 Å². The van der Waals surface area contributed by atoms with Crippen LogP contribution in [0.15, 0.2) is 18.2 Å². The molecule has 17 heavy (non-hydrogen) atoms. The molecular formula is C10H14N3O3S+. The van der Waals surface area contributed by atoms with Crippen molar-refractivity contribution in [1.82, 2.24) is 5.32 Å². The van der Waals surface area contributed by atoms with Crippen LogP contribution in [0.25, 0.3) is 0 Å². The first-order chi connectivity index (χ1) is 8.21. The molecule has 1 aromatic carbocycles. The second-order valence-corrected chi connectivity index (χ2v) is 3.53. The van der Waals surface area contributed by atoms with Crippen molar-refractivity contribution >= 4 is 28.7 Å². The SMILES string of the molecule is COc1ccc([NH+]=O)cc1NC(=S)NCCO. The molecule has 0 unspecified atom stereocenters. The van der Waals surface area contributed by atoms with E-state index >= 15 is 0 Å². The molecule has 6 nitrogen and oxygen atoms in total. The first kappa shape index (κ1) is 13.3. The Labute approximate surface area is 104 Å². The Morgan fingerprint density at radius 1 is 1.59 bits per heavy atom. The van der Waals surface area contributed by atoms with Gasteiger partial charge in [0, 0.05) is 28.8 Å². The summed E-state index contributed by atoms with van der Waals surface area (Å²) >= 11 is 5.00. The maximum Gasteiger partial charge on any atom is 0.255 e. The summed E-state index contributed by atoms with van der Waals surface area (Å²) in [6, 6.07) is 4.83. The molecule has 0 aromatic heterocycles. The third-order valence-electron chi connectivity index (χ3n) is 1.96. The van der Waals surface area contributed by atoms with Crippen molar-refractivity contribution in [3.05, 3.63) is 23.1 Å². The van der Waals surface area contributed by atoms with E-state index in [0.717, 1.165) is 0 Å². The average Bonchev–Trinajstić information content (AvgIpc) is 2.36. The maximum atomic E-state index is 10.5. The van der Waals surface area contributed by atoms with E-state index in [2.05, 4.69) is 10.6 Å². The van der Waals surface area contributed by atoms with Crippen molar-refractivity contribution in [2.75, 3.05) is 25.6 Å². The van der Waals surface area contributed by atoms with Gasteiger partial charge in [-0.15, -0.1) is 0 Å². The second kappa shape index (κ2) is 6.77. The van der Waals surface area contributed by atoms with E-state index in [1.807, 2.05) is 0 Å². The second-order valence-electron chi connectivity index (χ2n) is 3.12. The highest BCUT2D eigenvalue weighted by atomic mass is 32.1. The number of benzene rings is 1. The minimum atomic E-state index is -0.0128. The zero-order valence-corrected chi connectivity index (χ0v) is 10.1. The number of aliphatic hydroxyl groups is 1. The monoisotopic (exact) mass is 256 g/mol. The van der Waals surface area contributed by atoms with Crippen molar-refractivity contribution in [1.29, 1.82) is 0 Å². The summed E-state index contributed by atoms with van der Waals surface area (Å²) in [6.45, 7) is 0.342. The Morgan fingerprint density at radius 2 is 2.35 bits per heavy atom. The van der Waals surface area contributed by atoms with Gasteiger partial charge in [-0.3, -0.25) is 0 Å². The lowest BCUT2D eigenvalue weighted by molar-refractivity contribution is -0.379. The van der Waals surface area contributed by atoms with E-state index in [1.54, 1.807) is 23.4 Å². The first-order valence-electron chi connectivity index (χ1n) is 4.93. The molecule has 0 aliphatic rings. The summed E-state index contributed by atoms with van der Waals surface area (Å²) < 4.78 is 5.12. The summed E-state index contributed by atoms with van der Waals surface area (Å²) in [6.07, 6.45) is 0. The van der Waals surface area contributed by atoms with Crippen molar-refractivity contribution in [3.63, 3.8) is 0 Å². The summed E-state index contributed by atoms with van der Waals surface area (Å²) in [7, 11) is 1.52. The van der Waals surface area contributed by atoms with Gasteiger partial charge in [-0.2, -0.15) is 0 Å². The van der Waals surface area contributed by atoms with Crippen LogP contribution in [0.3, 0.4) is 0 Å². The number of hydrogen-bond acceptors (Lipinski definition) is 4. The molecule has 4 N–H and O–H groups in total. The lowest BCUT2D eigenvalue weighted by Crippen LogP contribution is -2.55. The predicted molar refractivity (Wildman–Crippen MR) is 68.3 cm³/mol. The van der Waals surface area contributed by atoms with Crippen molar-refractivity contribution in [2.45, 2.75) is 0 Å². The molecule has 0 spiro atoms. The normalized spacial score (nSPS) is 9.53. The van der Waals surface area contributed by atoms with Gasteiger partial charge in [0.2, 0.25) is 0 Å². The first-order valence-corrected chi connectivity index (χ1v) is 5.34. The van der Waals surface area contributed by atoms with Gasteiger partial charge in [-0.25, -0.2) is 0 Å². The topological polar surface area (TPSA) is 84.6 Å². The Hall–Kier alpha value is -1.73. The number of hydrogen-bond donors (Lipinski definition) is 4. The van der Waals surface area contributed by atoms with Crippen LogP contribution >= 0.6 is 12.2 Å². The Kier molecular flexibility index (Phi) is 5.31. The number of anilines is 1. The van der Waals surface area contributed by atoms with Crippen LogP contribution in [0.5, 0.6) is 5.75 Å². The molecule has 0 aliphatic carbocycles. The molecule has 0 saturated carbocycles. The van der Waals surface area contributed by atoms with E-state index in [9.17, 15) is 4.91 Å². The molecule has 1 rings (SSSR count). The van der Waals surface area contributed by atoms with Crippen LogP contribution in [-0.2, 0) is 0 Å². The van der Waals surface area contributed by atoms with Crippen LogP contribution in [0.4, 0.5) is 11.4 Å². The smallest absolute Gasteiger partial charge is 0.255 e. The number of aliphatic hydroxyl groups excluding tert-OH is 1. The van der Waals surface area contributed by atoms with Crippen LogP contribution in [0, 0.1) is 4.91 Å². The average molecular weight is 256 g/mol. The largest absolute Gasteiger partial charge is 0.495 e. The maximum absolute atomic E-state index is 10.5. The fourth-order valence-electron chi connectivity index (χ4n) is 1.21. The highest BCUT2D eigenvalue weighted by molar-refractivity contribution is 7.80. The number of rotatable bonds is 5. The van der Waals surface area contributed by atoms with Gasteiger partial charge in [-0.1, -0.05) is 0 Å². The van der Waals surface area contributed by atoms with Crippen LogP contribution in [0.2, 0.25) is 0 Å².